The molecule has 0 saturated heterocycles. The third-order valence-electron chi connectivity index (χ3n) is 2.71. The van der Waals surface area contributed by atoms with Crippen LogP contribution in [0, 0.1) is 0 Å². The molecule has 20 heavy (non-hydrogen) atoms. The van der Waals surface area contributed by atoms with Crippen molar-refractivity contribution < 1.29 is 0 Å². The normalized spacial score (nSPS) is 10.8. The lowest BCUT2D eigenvalue weighted by Gasteiger charge is -2.07. The molecule has 0 aromatic carbocycles. The van der Waals surface area contributed by atoms with Crippen LogP contribution in [0.25, 0.3) is 0 Å². The van der Waals surface area contributed by atoms with Crippen molar-refractivity contribution in [2.75, 3.05) is 12.4 Å². The number of anilines is 1. The molecule has 0 saturated carbocycles. The van der Waals surface area contributed by atoms with Gasteiger partial charge in [0.15, 0.2) is 5.16 Å². The molecule has 7 nitrogen and oxygen atoms in total. The van der Waals surface area contributed by atoms with Gasteiger partial charge in [-0.05, 0) is 25.1 Å². The third kappa shape index (κ3) is 3.19. The number of hydrogen-bond acceptors (Lipinski definition) is 6. The van der Waals surface area contributed by atoms with Crippen molar-refractivity contribution in [1.82, 2.24) is 24.7 Å². The summed E-state index contributed by atoms with van der Waals surface area (Å²) in [5.74, 6) is 1.56. The van der Waals surface area contributed by atoms with Gasteiger partial charge in [-0.15, -0.1) is 5.10 Å². The van der Waals surface area contributed by atoms with Gasteiger partial charge >= 0.3 is 5.69 Å². The minimum absolute atomic E-state index is 0.202. The van der Waals surface area contributed by atoms with Crippen LogP contribution in [-0.4, -0.2) is 31.8 Å². The molecule has 0 fully saturated rings. The summed E-state index contributed by atoms with van der Waals surface area (Å²) < 4.78 is 1.57. The molecule has 2 rings (SSSR count). The summed E-state index contributed by atoms with van der Waals surface area (Å²) in [5, 5.41) is 10.9. The van der Waals surface area contributed by atoms with Crippen molar-refractivity contribution >= 4 is 17.6 Å². The number of rotatable bonds is 6. The van der Waals surface area contributed by atoms with E-state index in [4.69, 9.17) is 0 Å². The molecule has 8 heteroatoms. The van der Waals surface area contributed by atoms with Gasteiger partial charge in [-0.3, -0.25) is 4.57 Å². The second kappa shape index (κ2) is 6.56. The molecule has 0 spiro atoms. The number of nitrogens with one attached hydrogen (secondary N) is 2. The summed E-state index contributed by atoms with van der Waals surface area (Å²) in [6.07, 6.45) is 1.81. The highest BCUT2D eigenvalue weighted by Gasteiger charge is 2.11. The molecule has 2 heterocycles. The van der Waals surface area contributed by atoms with E-state index in [0.717, 1.165) is 29.5 Å². The number of aromatic amines is 1. The maximum Gasteiger partial charge on any atom is 0.343 e. The van der Waals surface area contributed by atoms with Gasteiger partial charge in [0.1, 0.15) is 16.7 Å². The van der Waals surface area contributed by atoms with Crippen LogP contribution in [0.5, 0.6) is 0 Å². The molecule has 0 aliphatic heterocycles. The van der Waals surface area contributed by atoms with E-state index in [1.165, 1.54) is 11.8 Å². The molecule has 2 N–H and O–H groups in total. The van der Waals surface area contributed by atoms with E-state index < -0.39 is 0 Å². The summed E-state index contributed by atoms with van der Waals surface area (Å²) in [7, 11) is 1.82. The van der Waals surface area contributed by atoms with Crippen molar-refractivity contribution in [3.8, 4) is 0 Å². The molecule has 0 unspecified atom stereocenters. The number of hydrogen-bond donors (Lipinski definition) is 2. The monoisotopic (exact) mass is 294 g/mol. The van der Waals surface area contributed by atoms with Crippen LogP contribution in [0.15, 0.2) is 21.0 Å². The SMILES string of the molecule is CCCc1nc(NC)cc(Sc2n[nH]c(=O)n2CC)n1. The van der Waals surface area contributed by atoms with Crippen molar-refractivity contribution in [3.05, 3.63) is 22.4 Å². The van der Waals surface area contributed by atoms with Crippen LogP contribution >= 0.6 is 11.8 Å². The summed E-state index contributed by atoms with van der Waals surface area (Å²) in [5.41, 5.74) is -0.202. The zero-order valence-electron chi connectivity index (χ0n) is 11.8. The Morgan fingerprint density at radius 3 is 2.85 bits per heavy atom. The largest absolute Gasteiger partial charge is 0.373 e. The zero-order valence-corrected chi connectivity index (χ0v) is 12.6. The smallest absolute Gasteiger partial charge is 0.343 e. The minimum Gasteiger partial charge on any atom is -0.373 e. The van der Waals surface area contributed by atoms with Gasteiger partial charge in [-0.25, -0.2) is 19.9 Å². The molecular formula is C12H18N6OS. The van der Waals surface area contributed by atoms with Crippen LogP contribution in [0.3, 0.4) is 0 Å². The number of aromatic nitrogens is 5. The maximum absolute atomic E-state index is 11.5. The Morgan fingerprint density at radius 2 is 2.20 bits per heavy atom. The fourth-order valence-corrected chi connectivity index (χ4v) is 2.66. The highest BCUT2D eigenvalue weighted by Crippen LogP contribution is 2.25. The lowest BCUT2D eigenvalue weighted by atomic mass is 10.3. The van der Waals surface area contributed by atoms with Gasteiger partial charge in [0.25, 0.3) is 0 Å². The van der Waals surface area contributed by atoms with Crippen molar-refractivity contribution in [2.45, 2.75) is 43.4 Å². The topological polar surface area (TPSA) is 88.5 Å². The van der Waals surface area contributed by atoms with Crippen molar-refractivity contribution in [2.24, 2.45) is 0 Å². The van der Waals surface area contributed by atoms with Gasteiger partial charge in [0, 0.05) is 26.1 Å². The lowest BCUT2D eigenvalue weighted by molar-refractivity contribution is 0.659. The molecule has 0 radical (unpaired) electrons. The van der Waals surface area contributed by atoms with Crippen LogP contribution in [0.2, 0.25) is 0 Å². The first kappa shape index (κ1) is 14.6. The summed E-state index contributed by atoms with van der Waals surface area (Å²) >= 11 is 1.36. The van der Waals surface area contributed by atoms with Crippen LogP contribution < -0.4 is 11.0 Å². The molecule has 108 valence electrons. The van der Waals surface area contributed by atoms with E-state index >= 15 is 0 Å². The highest BCUT2D eigenvalue weighted by atomic mass is 32.2. The second-order valence-corrected chi connectivity index (χ2v) is 5.15. The van der Waals surface area contributed by atoms with Gasteiger partial charge in [0.2, 0.25) is 0 Å². The first-order valence-corrected chi connectivity index (χ1v) is 7.38. The Bertz CT molecular complexity index is 635. The maximum atomic E-state index is 11.5. The molecule has 2 aromatic rings. The van der Waals surface area contributed by atoms with Crippen molar-refractivity contribution in [3.63, 3.8) is 0 Å². The van der Waals surface area contributed by atoms with Crippen LogP contribution in [-0.2, 0) is 13.0 Å². The van der Waals surface area contributed by atoms with E-state index in [1.54, 1.807) is 4.57 Å². The zero-order chi connectivity index (χ0) is 14.5. The van der Waals surface area contributed by atoms with Crippen LogP contribution in [0.4, 0.5) is 5.82 Å². The summed E-state index contributed by atoms with van der Waals surface area (Å²) in [6, 6.07) is 1.85. The number of aryl methyl sites for hydroxylation is 1. The Hall–Kier alpha value is -1.83. The van der Waals surface area contributed by atoms with E-state index in [-0.39, 0.29) is 5.69 Å². The Morgan fingerprint density at radius 1 is 1.40 bits per heavy atom. The average molecular weight is 294 g/mol. The Kier molecular flexibility index (Phi) is 4.78. The molecule has 0 bridgehead atoms. The molecule has 0 aliphatic carbocycles. The Balaban J connectivity index is 2.32. The lowest BCUT2D eigenvalue weighted by Crippen LogP contribution is -2.16. The molecule has 0 aliphatic rings. The third-order valence-corrected chi connectivity index (χ3v) is 3.63. The molecule has 0 amide bonds. The van der Waals surface area contributed by atoms with E-state index in [1.807, 2.05) is 20.0 Å². The van der Waals surface area contributed by atoms with Gasteiger partial charge in [-0.1, -0.05) is 6.92 Å². The van der Waals surface area contributed by atoms with E-state index in [2.05, 4.69) is 32.4 Å². The fourth-order valence-electron chi connectivity index (χ4n) is 1.74. The second-order valence-electron chi connectivity index (χ2n) is 4.17. The van der Waals surface area contributed by atoms with Crippen molar-refractivity contribution in [1.29, 1.82) is 0 Å². The van der Waals surface area contributed by atoms with Gasteiger partial charge in [-0.2, -0.15) is 0 Å². The predicted octanol–water partition coefficient (Wildman–Crippen LogP) is 1.53. The highest BCUT2D eigenvalue weighted by molar-refractivity contribution is 7.99. The standard InChI is InChI=1S/C12H18N6OS/c1-4-6-8-14-9(13-3)7-10(15-8)20-12-17-16-11(19)18(12)5-2/h7H,4-6H2,1-3H3,(H,16,19)(H,13,14,15). The Labute approximate surface area is 121 Å². The quantitative estimate of drug-likeness (QED) is 0.785. The number of nitrogens with zero attached hydrogens (tertiary/aromatic N) is 4. The first-order valence-electron chi connectivity index (χ1n) is 6.56. The van der Waals surface area contributed by atoms with Crippen LogP contribution in [0.1, 0.15) is 26.1 Å². The first-order chi connectivity index (χ1) is 9.67. The number of H-pyrrole nitrogens is 1. The fraction of sp³-hybridized carbons (Fsp3) is 0.500. The van der Waals surface area contributed by atoms with E-state index in [0.29, 0.717) is 11.7 Å². The predicted molar refractivity (Wildman–Crippen MR) is 78.2 cm³/mol. The van der Waals surface area contributed by atoms with Gasteiger partial charge in [0.05, 0.1) is 0 Å². The summed E-state index contributed by atoms with van der Waals surface area (Å²) in [4.78, 5) is 20.4. The molecule has 0 atom stereocenters. The minimum atomic E-state index is -0.202. The van der Waals surface area contributed by atoms with E-state index in [9.17, 15) is 4.79 Å². The summed E-state index contributed by atoms with van der Waals surface area (Å²) in [6.45, 7) is 4.57. The molecular weight excluding hydrogens is 276 g/mol. The van der Waals surface area contributed by atoms with Gasteiger partial charge < -0.3 is 5.32 Å². The average Bonchev–Trinajstić information content (AvgIpc) is 2.79. The molecule has 2 aromatic heterocycles.